The number of sulfonamides is 1. The number of benzene rings is 1. The Bertz CT molecular complexity index is 1230. The van der Waals surface area contributed by atoms with Gasteiger partial charge in [0, 0.05) is 31.6 Å². The van der Waals surface area contributed by atoms with Crippen molar-refractivity contribution in [3.63, 3.8) is 0 Å². The van der Waals surface area contributed by atoms with Crippen molar-refractivity contribution in [1.82, 2.24) is 9.29 Å². The number of carbonyl (C=O) groups is 1. The minimum Gasteiger partial charge on any atom is -0.493 e. The number of Topliss-reactive ketones (excluding diaryl/α,β-unsaturated/α-hetero) is 1. The third-order valence-electron chi connectivity index (χ3n) is 5.79. The van der Waals surface area contributed by atoms with E-state index in [1.807, 2.05) is 0 Å². The number of ketones is 1. The molecule has 0 saturated carbocycles. The molecule has 0 saturated heterocycles. The molecule has 0 spiro atoms. The minimum atomic E-state index is -3.73. The van der Waals surface area contributed by atoms with Crippen molar-refractivity contribution in [2.45, 2.75) is 30.6 Å². The summed E-state index contributed by atoms with van der Waals surface area (Å²) in [7, 11) is -2.33. The van der Waals surface area contributed by atoms with Gasteiger partial charge in [0.2, 0.25) is 21.7 Å². The van der Waals surface area contributed by atoms with Crippen LogP contribution in [0.1, 0.15) is 35.0 Å². The molecule has 0 amide bonds. The summed E-state index contributed by atoms with van der Waals surface area (Å²) in [6, 6.07) is 8.33. The lowest BCUT2D eigenvalue weighted by molar-refractivity contribution is 0.0988. The zero-order chi connectivity index (χ0) is 22.4. The number of carbonyl (C=O) groups excluding carboxylic acids is 1. The van der Waals surface area contributed by atoms with E-state index in [0.29, 0.717) is 22.6 Å². The fraction of sp³-hybridized carbons (Fsp3) is 0.333. The van der Waals surface area contributed by atoms with E-state index in [-0.39, 0.29) is 36.9 Å². The number of nitrogens with two attached hydrogens (primary N) is 1. The van der Waals surface area contributed by atoms with E-state index >= 15 is 0 Å². The molecule has 0 aliphatic carbocycles. The number of rotatable bonds is 3. The van der Waals surface area contributed by atoms with Crippen LogP contribution in [0.25, 0.3) is 4.85 Å². The number of guanidine groups is 1. The fourth-order valence-electron chi connectivity index (χ4n) is 4.03. The van der Waals surface area contributed by atoms with Crippen molar-refractivity contribution in [3.8, 4) is 5.75 Å². The number of fused-ring (bicyclic) bond motifs is 3. The number of pyridine rings is 1. The zero-order valence-electron chi connectivity index (χ0n) is 17.1. The van der Waals surface area contributed by atoms with E-state index in [0.717, 1.165) is 4.31 Å². The lowest BCUT2D eigenvalue weighted by Crippen LogP contribution is -2.56. The van der Waals surface area contributed by atoms with E-state index in [1.165, 1.54) is 19.3 Å². The van der Waals surface area contributed by atoms with Gasteiger partial charge in [0.1, 0.15) is 22.2 Å². The lowest BCUT2D eigenvalue weighted by atomic mass is 9.85. The highest BCUT2D eigenvalue weighted by Gasteiger charge is 2.52. The summed E-state index contributed by atoms with van der Waals surface area (Å²) in [5, 5.41) is -0.840. The molecule has 2 N–H and O–H groups in total. The molecule has 1 aromatic heterocycles. The van der Waals surface area contributed by atoms with Crippen LogP contribution in [0, 0.1) is 6.57 Å². The van der Waals surface area contributed by atoms with Gasteiger partial charge in [-0.15, -0.1) is 0 Å². The second kappa shape index (κ2) is 7.35. The number of ether oxygens (including phenoxy) is 1. The Morgan fingerprint density at radius 3 is 2.84 bits per heavy atom. The number of hydrogen-bond donors (Lipinski definition) is 1. The summed E-state index contributed by atoms with van der Waals surface area (Å²) in [6.07, 6.45) is 1.68. The van der Waals surface area contributed by atoms with Gasteiger partial charge in [-0.25, -0.2) is 22.6 Å². The average molecular weight is 439 g/mol. The first-order valence-electron chi connectivity index (χ1n) is 9.63. The van der Waals surface area contributed by atoms with E-state index in [9.17, 15) is 13.2 Å². The number of aliphatic imine (C=N–C) groups is 1. The molecule has 9 nitrogen and oxygen atoms in total. The van der Waals surface area contributed by atoms with E-state index in [4.69, 9.17) is 17.0 Å². The van der Waals surface area contributed by atoms with Gasteiger partial charge in [-0.05, 0) is 30.7 Å². The average Bonchev–Trinajstić information content (AvgIpc) is 2.89. The number of aromatic nitrogens is 1. The van der Waals surface area contributed by atoms with E-state index < -0.39 is 20.8 Å². The highest BCUT2D eigenvalue weighted by molar-refractivity contribution is 7.90. The molecular formula is C21H21N5O4S. The molecule has 2 atom stereocenters. The van der Waals surface area contributed by atoms with Crippen molar-refractivity contribution < 1.29 is 17.9 Å². The molecule has 1 aromatic carbocycles. The molecule has 4 rings (SSSR count). The maximum atomic E-state index is 13.1. The van der Waals surface area contributed by atoms with Gasteiger partial charge in [-0.2, -0.15) is 0 Å². The highest BCUT2D eigenvalue weighted by Crippen LogP contribution is 2.45. The van der Waals surface area contributed by atoms with Crippen molar-refractivity contribution in [2.75, 3.05) is 13.7 Å². The van der Waals surface area contributed by atoms with Crippen LogP contribution in [-0.2, 0) is 22.0 Å². The van der Waals surface area contributed by atoms with Crippen LogP contribution in [0.4, 0.5) is 5.69 Å². The zero-order valence-corrected chi connectivity index (χ0v) is 17.9. The molecule has 2 aromatic rings. The van der Waals surface area contributed by atoms with Gasteiger partial charge in [0.15, 0.2) is 5.78 Å². The summed E-state index contributed by atoms with van der Waals surface area (Å²) in [4.78, 5) is 24.6. The molecule has 31 heavy (non-hydrogen) atoms. The van der Waals surface area contributed by atoms with Crippen molar-refractivity contribution >= 4 is 27.5 Å². The topological polar surface area (TPSA) is 119 Å². The van der Waals surface area contributed by atoms with Gasteiger partial charge in [0.05, 0.1) is 13.2 Å². The van der Waals surface area contributed by atoms with Gasteiger partial charge in [-0.1, -0.05) is 12.1 Å². The van der Waals surface area contributed by atoms with Crippen LogP contribution >= 0.6 is 0 Å². The first-order valence-corrected chi connectivity index (χ1v) is 11.1. The van der Waals surface area contributed by atoms with Crippen LogP contribution in [0.15, 0.2) is 41.5 Å². The maximum Gasteiger partial charge on any atom is 0.242 e. The van der Waals surface area contributed by atoms with Gasteiger partial charge in [-0.3, -0.25) is 9.78 Å². The Labute approximate surface area is 180 Å². The standard InChI is InChI=1S/C21H21N5O4S/c1-21-15-10-13(11-17(27)16-6-5-14(23-2)12-24-16)4-7-18(15)30-9-8-19(21)31(28,29)26(3)20(22)25-21/h4-7,10,12,19H,8-9,11H2,1,3H3,(H2,22,25)/t19-,21+/m0/s1. The fourth-order valence-corrected chi connectivity index (χ4v) is 5.87. The Hall–Kier alpha value is -3.45. The van der Waals surface area contributed by atoms with Gasteiger partial charge < -0.3 is 10.5 Å². The molecule has 0 fully saturated rings. The number of nitrogens with zero attached hydrogens (tertiary/aromatic N) is 4. The maximum absolute atomic E-state index is 13.1. The molecule has 2 aliphatic rings. The summed E-state index contributed by atoms with van der Waals surface area (Å²) in [5.41, 5.74) is 6.67. The molecule has 10 heteroatoms. The van der Waals surface area contributed by atoms with Crippen molar-refractivity contribution in [2.24, 2.45) is 10.7 Å². The third kappa shape index (κ3) is 3.41. The first kappa shape index (κ1) is 20.8. The Kier molecular flexibility index (Phi) is 4.94. The van der Waals surface area contributed by atoms with Gasteiger partial charge >= 0.3 is 0 Å². The molecule has 3 heterocycles. The lowest BCUT2D eigenvalue weighted by Gasteiger charge is -2.40. The largest absolute Gasteiger partial charge is 0.493 e. The Morgan fingerprint density at radius 2 is 2.16 bits per heavy atom. The molecule has 2 aliphatic heterocycles. The second-order valence-corrected chi connectivity index (χ2v) is 9.85. The van der Waals surface area contributed by atoms with Crippen molar-refractivity contribution in [1.29, 1.82) is 0 Å². The predicted octanol–water partition coefficient (Wildman–Crippen LogP) is 2.01. The van der Waals surface area contributed by atoms with Crippen molar-refractivity contribution in [3.05, 3.63) is 64.8 Å². The summed E-state index contributed by atoms with van der Waals surface area (Å²) in [5.74, 6) is 0.223. The monoisotopic (exact) mass is 439 g/mol. The van der Waals surface area contributed by atoms with Crippen LogP contribution in [0.2, 0.25) is 0 Å². The third-order valence-corrected chi connectivity index (χ3v) is 8.16. The first-order chi connectivity index (χ1) is 14.7. The second-order valence-electron chi connectivity index (χ2n) is 7.70. The number of hydrogen-bond acceptors (Lipinski definition) is 7. The minimum absolute atomic E-state index is 0.0598. The molecule has 160 valence electrons. The van der Waals surface area contributed by atoms with Crippen LogP contribution < -0.4 is 10.5 Å². The molecule has 0 radical (unpaired) electrons. The highest BCUT2D eigenvalue weighted by atomic mass is 32.2. The molecule has 0 unspecified atom stereocenters. The summed E-state index contributed by atoms with van der Waals surface area (Å²) < 4.78 is 32.9. The predicted molar refractivity (Wildman–Crippen MR) is 115 cm³/mol. The smallest absolute Gasteiger partial charge is 0.242 e. The Morgan fingerprint density at radius 1 is 1.39 bits per heavy atom. The van der Waals surface area contributed by atoms with Crippen LogP contribution in [0.3, 0.4) is 0 Å². The molecule has 0 bridgehead atoms. The van der Waals surface area contributed by atoms with E-state index in [1.54, 1.807) is 31.2 Å². The van der Waals surface area contributed by atoms with Gasteiger partial charge in [0.25, 0.3) is 0 Å². The SMILES string of the molecule is [C-]#[N+]c1ccc(C(=O)Cc2ccc3c(c2)[C@@]2(C)N=C(N)N(C)S(=O)(=O)[C@H]2CCO3)nc1. The normalized spacial score (nSPS) is 24.0. The molecular weight excluding hydrogens is 418 g/mol. The van der Waals surface area contributed by atoms with E-state index in [2.05, 4.69) is 14.8 Å². The quantitative estimate of drug-likeness (QED) is 0.577. The van der Waals surface area contributed by atoms with Crippen LogP contribution in [0.5, 0.6) is 5.75 Å². The Balaban J connectivity index is 1.73. The summed E-state index contributed by atoms with van der Waals surface area (Å²) >= 11 is 0. The summed E-state index contributed by atoms with van der Waals surface area (Å²) in [6.45, 7) is 8.94. The van der Waals surface area contributed by atoms with Crippen LogP contribution in [-0.4, -0.2) is 48.4 Å².